The first-order valence-electron chi connectivity index (χ1n) is 11.5. The van der Waals surface area contributed by atoms with Gasteiger partial charge in [-0.15, -0.1) is 0 Å². The maximum atomic E-state index is 13.2. The number of anilines is 2. The van der Waals surface area contributed by atoms with Crippen LogP contribution in [0, 0.1) is 11.3 Å². The maximum absolute atomic E-state index is 13.2. The zero-order valence-electron chi connectivity index (χ0n) is 20.7. The minimum Gasteiger partial charge on any atom is -0.469 e. The lowest BCUT2D eigenvalue weighted by atomic mass is 9.94. The van der Waals surface area contributed by atoms with Crippen LogP contribution in [0.2, 0.25) is 0 Å². The molecule has 0 saturated heterocycles. The van der Waals surface area contributed by atoms with Gasteiger partial charge in [0, 0.05) is 24.3 Å². The molecule has 9 nitrogen and oxygen atoms in total. The minimum atomic E-state index is -4.87. The third-order valence-electron chi connectivity index (χ3n) is 5.75. The van der Waals surface area contributed by atoms with Crippen LogP contribution in [0.25, 0.3) is 0 Å². The predicted molar refractivity (Wildman–Crippen MR) is 134 cm³/mol. The lowest BCUT2D eigenvalue weighted by molar-refractivity contribution is -0.141. The molecule has 0 aliphatic heterocycles. The van der Waals surface area contributed by atoms with Crippen molar-refractivity contribution in [1.29, 1.82) is 5.26 Å². The Morgan fingerprint density at radius 1 is 1.08 bits per heavy atom. The quantitative estimate of drug-likeness (QED) is 0.176. The summed E-state index contributed by atoms with van der Waals surface area (Å²) in [5, 5.41) is 23.3. The molecular formula is C25H28F3N3O6S. The Kier molecular flexibility index (Phi) is 10.7. The minimum absolute atomic E-state index is 0.0979. The molecule has 0 unspecified atom stereocenters. The summed E-state index contributed by atoms with van der Waals surface area (Å²) in [6, 6.07) is 9.84. The second kappa shape index (κ2) is 13.3. The van der Waals surface area contributed by atoms with Gasteiger partial charge >= 0.3 is 12.1 Å². The van der Waals surface area contributed by atoms with E-state index in [9.17, 15) is 36.3 Å². The standard InChI is InChI=1S/C25H28F3N3O6S/c1-24(34,23(33)31-19-12-9-17(15-29)20(14-19)25(26,27)28)22(38(35)36)16-7-10-18(11-8-16)30-13-5-3-4-6-21(32)37-2/h7-12,14,22,30,34,38H,3-6,13H2,1-2H3,(H,31,33)/t22-,24+/m0/s1. The second-order valence-corrected chi connectivity index (χ2v) is 9.68. The number of nitrogens with one attached hydrogen (secondary N) is 2. The number of unbranched alkanes of at least 4 members (excludes halogenated alkanes) is 2. The van der Waals surface area contributed by atoms with Crippen molar-refractivity contribution in [3.05, 3.63) is 59.2 Å². The number of carbonyl (C=O) groups excluding carboxylic acids is 2. The van der Waals surface area contributed by atoms with Crippen molar-refractivity contribution in [2.75, 3.05) is 24.3 Å². The highest BCUT2D eigenvalue weighted by atomic mass is 32.2. The van der Waals surface area contributed by atoms with Crippen LogP contribution in [0.5, 0.6) is 0 Å². The van der Waals surface area contributed by atoms with Gasteiger partial charge < -0.3 is 20.5 Å². The van der Waals surface area contributed by atoms with Crippen LogP contribution < -0.4 is 10.6 Å². The Hall–Kier alpha value is -3.63. The average molecular weight is 556 g/mol. The monoisotopic (exact) mass is 555 g/mol. The molecule has 0 radical (unpaired) electrons. The molecule has 2 aromatic rings. The Labute approximate surface area is 219 Å². The fourth-order valence-electron chi connectivity index (χ4n) is 3.68. The van der Waals surface area contributed by atoms with E-state index in [4.69, 9.17) is 5.26 Å². The number of hydrogen-bond donors (Lipinski definition) is 4. The number of methoxy groups -OCH3 is 1. The Bertz CT molecular complexity index is 1250. The molecule has 0 saturated carbocycles. The highest BCUT2D eigenvalue weighted by Gasteiger charge is 2.43. The summed E-state index contributed by atoms with van der Waals surface area (Å²) in [5.41, 5.74) is -4.10. The van der Waals surface area contributed by atoms with E-state index >= 15 is 0 Å². The molecule has 0 heterocycles. The van der Waals surface area contributed by atoms with Crippen molar-refractivity contribution in [3.8, 4) is 6.07 Å². The molecular weight excluding hydrogens is 527 g/mol. The van der Waals surface area contributed by atoms with E-state index in [0.717, 1.165) is 31.9 Å². The lowest BCUT2D eigenvalue weighted by Crippen LogP contribution is -2.46. The van der Waals surface area contributed by atoms with E-state index in [1.54, 1.807) is 12.1 Å². The number of nitrogens with zero attached hydrogens (tertiary/aromatic N) is 1. The zero-order chi connectivity index (χ0) is 28.5. The molecule has 0 bridgehead atoms. The van der Waals surface area contributed by atoms with Gasteiger partial charge in [0.05, 0.1) is 24.3 Å². The fourth-order valence-corrected chi connectivity index (χ4v) is 4.62. The van der Waals surface area contributed by atoms with Crippen LogP contribution in [0.3, 0.4) is 0 Å². The number of benzene rings is 2. The average Bonchev–Trinajstić information content (AvgIpc) is 2.85. The third kappa shape index (κ3) is 8.19. The molecule has 3 N–H and O–H groups in total. The molecule has 1 amide bonds. The number of aliphatic hydroxyl groups is 1. The van der Waals surface area contributed by atoms with Crippen molar-refractivity contribution in [2.45, 2.75) is 49.6 Å². The molecule has 2 aromatic carbocycles. The largest absolute Gasteiger partial charge is 0.469 e. The first-order valence-corrected chi connectivity index (χ1v) is 12.7. The van der Waals surface area contributed by atoms with Gasteiger partial charge in [0.2, 0.25) is 0 Å². The molecule has 0 fully saturated rings. The molecule has 0 aliphatic rings. The van der Waals surface area contributed by atoms with E-state index in [1.165, 1.54) is 25.3 Å². The third-order valence-corrected chi connectivity index (χ3v) is 6.97. The molecule has 13 heteroatoms. The molecule has 0 spiro atoms. The van der Waals surface area contributed by atoms with E-state index in [0.29, 0.717) is 31.1 Å². The van der Waals surface area contributed by atoms with Gasteiger partial charge in [-0.25, -0.2) is 8.42 Å². The summed E-state index contributed by atoms with van der Waals surface area (Å²) in [5.74, 6) is -1.51. The molecule has 2 atom stereocenters. The van der Waals surface area contributed by atoms with E-state index in [2.05, 4.69) is 15.4 Å². The molecule has 0 aromatic heterocycles. The first-order chi connectivity index (χ1) is 17.8. The number of carbonyl (C=O) groups is 2. The van der Waals surface area contributed by atoms with Gasteiger partial charge in [-0.2, -0.15) is 18.4 Å². The summed E-state index contributed by atoms with van der Waals surface area (Å²) >= 11 is 0. The maximum Gasteiger partial charge on any atom is 0.417 e. The van der Waals surface area contributed by atoms with Gasteiger partial charge in [-0.3, -0.25) is 9.59 Å². The van der Waals surface area contributed by atoms with Crippen molar-refractivity contribution in [2.24, 2.45) is 0 Å². The van der Waals surface area contributed by atoms with Gasteiger partial charge in [-0.05, 0) is 55.7 Å². The lowest BCUT2D eigenvalue weighted by Gasteiger charge is -2.28. The summed E-state index contributed by atoms with van der Waals surface area (Å²) in [6.45, 7) is 1.54. The van der Waals surface area contributed by atoms with Crippen molar-refractivity contribution in [3.63, 3.8) is 0 Å². The number of nitriles is 1. The Morgan fingerprint density at radius 2 is 1.71 bits per heavy atom. The van der Waals surface area contributed by atoms with Crippen LogP contribution in [0.4, 0.5) is 24.5 Å². The normalized spacial score (nSPS) is 13.7. The summed E-state index contributed by atoms with van der Waals surface area (Å²) in [4.78, 5) is 23.9. The molecule has 206 valence electrons. The topological polar surface area (TPSA) is 146 Å². The molecule has 38 heavy (non-hydrogen) atoms. The van der Waals surface area contributed by atoms with Gasteiger partial charge in [0.1, 0.15) is 5.25 Å². The van der Waals surface area contributed by atoms with Crippen LogP contribution in [0.15, 0.2) is 42.5 Å². The fraction of sp³-hybridized carbons (Fsp3) is 0.400. The summed E-state index contributed by atoms with van der Waals surface area (Å²) in [7, 11) is -2.07. The Balaban J connectivity index is 2.11. The number of amides is 1. The smallest absolute Gasteiger partial charge is 0.417 e. The van der Waals surface area contributed by atoms with Crippen LogP contribution in [-0.2, 0) is 31.2 Å². The number of alkyl halides is 3. The first kappa shape index (κ1) is 30.6. The Morgan fingerprint density at radius 3 is 2.26 bits per heavy atom. The summed E-state index contributed by atoms with van der Waals surface area (Å²) < 4.78 is 68.4. The predicted octanol–water partition coefficient (Wildman–Crippen LogP) is 3.76. The van der Waals surface area contributed by atoms with Gasteiger partial charge in [0.15, 0.2) is 16.3 Å². The van der Waals surface area contributed by atoms with Gasteiger partial charge in [0.25, 0.3) is 5.91 Å². The molecule has 0 aliphatic carbocycles. The van der Waals surface area contributed by atoms with Gasteiger partial charge in [-0.1, -0.05) is 18.6 Å². The zero-order valence-corrected chi connectivity index (χ0v) is 21.6. The molecule has 2 rings (SSSR count). The number of thiol groups is 1. The number of hydrogen-bond acceptors (Lipinski definition) is 8. The van der Waals surface area contributed by atoms with Crippen LogP contribution >= 0.6 is 0 Å². The second-order valence-electron chi connectivity index (χ2n) is 8.60. The van der Waals surface area contributed by atoms with E-state index in [1.807, 2.05) is 0 Å². The number of halogens is 3. The van der Waals surface area contributed by atoms with E-state index in [-0.39, 0.29) is 17.2 Å². The SMILES string of the molecule is COC(=O)CCCCCNc1ccc([C@H]([SH](=O)=O)[C@@](C)(O)C(=O)Nc2ccc(C#N)c(C(F)(F)F)c2)cc1. The highest BCUT2D eigenvalue weighted by molar-refractivity contribution is 7.72. The van der Waals surface area contributed by atoms with Crippen molar-refractivity contribution < 1.29 is 41.0 Å². The van der Waals surface area contributed by atoms with Crippen molar-refractivity contribution in [1.82, 2.24) is 0 Å². The van der Waals surface area contributed by atoms with E-state index < -0.39 is 44.8 Å². The number of esters is 1. The number of ether oxygens (including phenoxy) is 1. The number of rotatable bonds is 12. The summed E-state index contributed by atoms with van der Waals surface area (Å²) in [6.07, 6.45) is -2.28. The van der Waals surface area contributed by atoms with Crippen molar-refractivity contribution >= 4 is 34.0 Å². The highest BCUT2D eigenvalue weighted by Crippen LogP contribution is 2.35. The van der Waals surface area contributed by atoms with Crippen LogP contribution in [-0.4, -0.2) is 44.7 Å². The van der Waals surface area contributed by atoms with Crippen LogP contribution in [0.1, 0.15) is 54.5 Å².